The normalized spacial score (nSPS) is 11.9. The Bertz CT molecular complexity index is 1640. The van der Waals surface area contributed by atoms with Gasteiger partial charge in [0, 0.05) is 25.6 Å². The largest absolute Gasteiger partial charge is 0.493 e. The number of aromatic nitrogens is 1. The SMILES string of the molecule is CCOC(=O)CN(Cc1ccc(OCCc2nc(-c3ccc(C(F)(F)F)cc3)oc2C)cc1)S(=O)(=O)N(C)c1ccccc1. The standard InChI is InChI=1S/C31H32F3N3O6S/c1-4-41-29(38)21-37(44(39,40)36(3)26-8-6-5-7-9-26)20-23-10-16-27(17-11-23)42-19-18-28-22(2)43-30(35-28)24-12-14-25(15-13-24)31(32,33)34/h5-17H,4,18-21H2,1-3H3. The van der Waals surface area contributed by atoms with E-state index in [-0.39, 0.29) is 25.6 Å². The fourth-order valence-corrected chi connectivity index (χ4v) is 5.57. The molecule has 44 heavy (non-hydrogen) atoms. The molecule has 9 nitrogen and oxygen atoms in total. The van der Waals surface area contributed by atoms with Gasteiger partial charge in [-0.1, -0.05) is 30.3 Å². The Morgan fingerprint density at radius 2 is 1.64 bits per heavy atom. The van der Waals surface area contributed by atoms with Crippen LogP contribution < -0.4 is 9.04 Å². The molecular weight excluding hydrogens is 599 g/mol. The lowest BCUT2D eigenvalue weighted by Crippen LogP contribution is -2.44. The molecule has 1 aromatic heterocycles. The first-order valence-electron chi connectivity index (χ1n) is 13.7. The molecule has 0 radical (unpaired) electrons. The molecule has 0 unspecified atom stereocenters. The summed E-state index contributed by atoms with van der Waals surface area (Å²) in [5, 5.41) is 0. The van der Waals surface area contributed by atoms with Gasteiger partial charge in [-0.3, -0.25) is 9.10 Å². The highest BCUT2D eigenvalue weighted by molar-refractivity contribution is 7.90. The molecule has 0 spiro atoms. The minimum absolute atomic E-state index is 0.0799. The third-order valence-electron chi connectivity index (χ3n) is 6.64. The van der Waals surface area contributed by atoms with E-state index in [9.17, 15) is 26.4 Å². The molecule has 0 saturated carbocycles. The fourth-order valence-electron chi connectivity index (χ4n) is 4.26. The zero-order valence-corrected chi connectivity index (χ0v) is 25.2. The van der Waals surface area contributed by atoms with Crippen molar-refractivity contribution in [2.45, 2.75) is 33.0 Å². The molecule has 234 valence electrons. The first-order chi connectivity index (χ1) is 20.9. The maximum atomic E-state index is 13.5. The molecule has 0 aliphatic heterocycles. The lowest BCUT2D eigenvalue weighted by molar-refractivity contribution is -0.143. The summed E-state index contributed by atoms with van der Waals surface area (Å²) >= 11 is 0. The number of hydrogen-bond acceptors (Lipinski definition) is 7. The van der Waals surface area contributed by atoms with Gasteiger partial charge in [-0.05, 0) is 67.9 Å². The zero-order chi connectivity index (χ0) is 31.9. The van der Waals surface area contributed by atoms with Gasteiger partial charge in [0.2, 0.25) is 5.89 Å². The van der Waals surface area contributed by atoms with Crippen molar-refractivity contribution in [1.82, 2.24) is 9.29 Å². The predicted octanol–water partition coefficient (Wildman–Crippen LogP) is 6.04. The zero-order valence-electron chi connectivity index (χ0n) is 24.4. The van der Waals surface area contributed by atoms with Gasteiger partial charge in [-0.15, -0.1) is 0 Å². The van der Waals surface area contributed by atoms with Gasteiger partial charge in [-0.2, -0.15) is 25.9 Å². The van der Waals surface area contributed by atoms with Crippen LogP contribution in [-0.2, 0) is 38.9 Å². The van der Waals surface area contributed by atoms with Crippen LogP contribution in [-0.4, -0.2) is 50.5 Å². The highest BCUT2D eigenvalue weighted by Crippen LogP contribution is 2.31. The Balaban J connectivity index is 1.39. The lowest BCUT2D eigenvalue weighted by Gasteiger charge is -2.28. The van der Waals surface area contributed by atoms with Crippen LogP contribution in [0, 0.1) is 6.92 Å². The number of benzene rings is 3. The molecule has 0 amide bonds. The Morgan fingerprint density at radius 3 is 2.25 bits per heavy atom. The number of nitrogens with zero attached hydrogens (tertiary/aromatic N) is 3. The Hall–Kier alpha value is -4.36. The molecule has 0 saturated heterocycles. The van der Waals surface area contributed by atoms with E-state index >= 15 is 0 Å². The second-order valence-electron chi connectivity index (χ2n) is 9.72. The fraction of sp³-hybridized carbons (Fsp3) is 0.290. The van der Waals surface area contributed by atoms with Gasteiger partial charge in [-0.25, -0.2) is 4.98 Å². The Morgan fingerprint density at radius 1 is 0.977 bits per heavy atom. The van der Waals surface area contributed by atoms with Gasteiger partial charge in [0.1, 0.15) is 18.1 Å². The monoisotopic (exact) mass is 631 g/mol. The van der Waals surface area contributed by atoms with Crippen molar-refractivity contribution in [2.24, 2.45) is 0 Å². The molecule has 3 aromatic carbocycles. The Labute approximate surface area is 254 Å². The number of oxazole rings is 1. The Kier molecular flexibility index (Phi) is 10.3. The predicted molar refractivity (Wildman–Crippen MR) is 158 cm³/mol. The van der Waals surface area contributed by atoms with E-state index in [2.05, 4.69) is 4.98 Å². The second kappa shape index (κ2) is 14.0. The lowest BCUT2D eigenvalue weighted by atomic mass is 10.1. The molecule has 0 fully saturated rings. The van der Waals surface area contributed by atoms with Crippen LogP contribution in [0.2, 0.25) is 0 Å². The summed E-state index contributed by atoms with van der Waals surface area (Å²) in [6, 6.07) is 19.9. The molecule has 0 aliphatic rings. The number of esters is 1. The van der Waals surface area contributed by atoms with Gasteiger partial charge in [0.25, 0.3) is 0 Å². The maximum absolute atomic E-state index is 13.5. The number of halogens is 3. The number of rotatable bonds is 13. The van der Waals surface area contributed by atoms with Crippen LogP contribution >= 0.6 is 0 Å². The van der Waals surface area contributed by atoms with Crippen LogP contribution in [0.25, 0.3) is 11.5 Å². The van der Waals surface area contributed by atoms with Crippen molar-refractivity contribution < 1.29 is 40.3 Å². The van der Waals surface area contributed by atoms with Crippen LogP contribution in [0.15, 0.2) is 83.3 Å². The van der Waals surface area contributed by atoms with Crippen LogP contribution in [0.3, 0.4) is 0 Å². The molecule has 0 aliphatic carbocycles. The van der Waals surface area contributed by atoms with Crippen LogP contribution in [0.1, 0.15) is 29.5 Å². The third-order valence-corrected chi connectivity index (χ3v) is 8.46. The molecule has 4 aromatic rings. The number of carbonyl (C=O) groups excluding carboxylic acids is 1. The van der Waals surface area contributed by atoms with E-state index in [1.807, 2.05) is 0 Å². The average molecular weight is 632 g/mol. The molecule has 13 heteroatoms. The summed E-state index contributed by atoms with van der Waals surface area (Å²) in [6.45, 7) is 3.19. The summed E-state index contributed by atoms with van der Waals surface area (Å²) in [7, 11) is -2.66. The summed E-state index contributed by atoms with van der Waals surface area (Å²) in [5.41, 5.74) is 1.35. The van der Waals surface area contributed by atoms with Crippen molar-refractivity contribution in [3.05, 3.63) is 101 Å². The van der Waals surface area contributed by atoms with E-state index in [0.29, 0.717) is 40.4 Å². The third kappa shape index (κ3) is 8.17. The number of aryl methyl sites for hydroxylation is 1. The van der Waals surface area contributed by atoms with E-state index in [1.54, 1.807) is 68.4 Å². The first kappa shape index (κ1) is 32.6. The number of alkyl halides is 3. The van der Waals surface area contributed by atoms with Gasteiger partial charge < -0.3 is 13.9 Å². The summed E-state index contributed by atoms with van der Waals surface area (Å²) in [5.74, 6) is 0.610. The van der Waals surface area contributed by atoms with E-state index < -0.39 is 34.5 Å². The smallest absolute Gasteiger partial charge is 0.416 e. The van der Waals surface area contributed by atoms with Crippen molar-refractivity contribution in [3.8, 4) is 17.2 Å². The maximum Gasteiger partial charge on any atom is 0.416 e. The second-order valence-corrected chi connectivity index (χ2v) is 11.7. The van der Waals surface area contributed by atoms with Crippen LogP contribution in [0.4, 0.5) is 18.9 Å². The molecule has 0 atom stereocenters. The number of anilines is 1. The van der Waals surface area contributed by atoms with Crippen molar-refractivity contribution in [1.29, 1.82) is 0 Å². The number of para-hydroxylation sites is 1. The van der Waals surface area contributed by atoms with Crippen molar-refractivity contribution >= 4 is 21.9 Å². The van der Waals surface area contributed by atoms with Gasteiger partial charge in [0.15, 0.2) is 0 Å². The van der Waals surface area contributed by atoms with E-state index in [1.165, 1.54) is 19.2 Å². The molecule has 1 heterocycles. The summed E-state index contributed by atoms with van der Waals surface area (Å²) in [6.07, 6.45) is -4.04. The van der Waals surface area contributed by atoms with Gasteiger partial charge >= 0.3 is 22.4 Å². The summed E-state index contributed by atoms with van der Waals surface area (Å²) in [4.78, 5) is 16.7. The average Bonchev–Trinajstić information content (AvgIpc) is 3.37. The molecular formula is C31H32F3N3O6S. The van der Waals surface area contributed by atoms with E-state index in [0.717, 1.165) is 20.7 Å². The highest BCUT2D eigenvalue weighted by Gasteiger charge is 2.31. The first-order valence-corrected chi connectivity index (χ1v) is 15.1. The number of carbonyl (C=O) groups is 1. The minimum atomic E-state index is -4.43. The highest BCUT2D eigenvalue weighted by atomic mass is 32.2. The number of ether oxygens (including phenoxy) is 2. The minimum Gasteiger partial charge on any atom is -0.493 e. The quantitative estimate of drug-likeness (QED) is 0.166. The molecule has 4 rings (SSSR count). The topological polar surface area (TPSA) is 102 Å². The molecule has 0 bridgehead atoms. The van der Waals surface area contributed by atoms with Gasteiger partial charge in [0.05, 0.1) is 30.2 Å². The number of hydrogen-bond donors (Lipinski definition) is 0. The van der Waals surface area contributed by atoms with E-state index in [4.69, 9.17) is 13.9 Å². The summed E-state index contributed by atoms with van der Waals surface area (Å²) < 4.78 is 84.1. The molecule has 0 N–H and O–H groups in total. The van der Waals surface area contributed by atoms with Crippen molar-refractivity contribution in [2.75, 3.05) is 31.1 Å². The van der Waals surface area contributed by atoms with Crippen LogP contribution in [0.5, 0.6) is 5.75 Å². The van der Waals surface area contributed by atoms with Crippen molar-refractivity contribution in [3.63, 3.8) is 0 Å².